The summed E-state index contributed by atoms with van der Waals surface area (Å²) in [5.74, 6) is -0.294. The molecule has 0 amide bonds. The molecule has 2 heterocycles. The molecule has 6 nitrogen and oxygen atoms in total. The van der Waals surface area contributed by atoms with Crippen molar-refractivity contribution in [3.8, 4) is 11.3 Å². The number of fused-ring (bicyclic) bond motifs is 1. The summed E-state index contributed by atoms with van der Waals surface area (Å²) in [4.78, 5) is 28.0. The molecule has 1 aromatic carbocycles. The summed E-state index contributed by atoms with van der Waals surface area (Å²) in [6.07, 6.45) is 3.63. The van der Waals surface area contributed by atoms with Gasteiger partial charge >= 0.3 is 5.97 Å². The maximum absolute atomic E-state index is 12.8. The first-order valence-corrected chi connectivity index (χ1v) is 8.96. The Labute approximate surface area is 154 Å². The normalized spacial score (nSPS) is 14.0. The van der Waals surface area contributed by atoms with Crippen LogP contribution < -0.4 is 5.56 Å². The maximum Gasteiger partial charge on any atom is 0.359 e. The van der Waals surface area contributed by atoms with E-state index in [0.29, 0.717) is 21.8 Å². The van der Waals surface area contributed by atoms with Crippen LogP contribution in [0.3, 0.4) is 0 Å². The predicted molar refractivity (Wildman–Crippen MR) is 98.9 cm³/mol. The molecule has 0 radical (unpaired) electrons. The number of benzene rings is 1. The molecule has 7 heteroatoms. The van der Waals surface area contributed by atoms with Crippen molar-refractivity contribution in [2.75, 3.05) is 6.61 Å². The monoisotopic (exact) mass is 371 g/mol. The highest BCUT2D eigenvalue weighted by molar-refractivity contribution is 6.31. The van der Waals surface area contributed by atoms with E-state index >= 15 is 0 Å². The Bertz CT molecular complexity index is 1080. The number of aromatic nitrogens is 3. The summed E-state index contributed by atoms with van der Waals surface area (Å²) in [6, 6.07) is 5.53. The second kappa shape index (κ2) is 6.29. The van der Waals surface area contributed by atoms with E-state index in [0.717, 1.165) is 24.0 Å². The number of aryl methyl sites for hydroxylation is 1. The zero-order valence-corrected chi connectivity index (χ0v) is 15.3. The molecule has 3 aromatic rings. The molecule has 0 saturated heterocycles. The van der Waals surface area contributed by atoms with Gasteiger partial charge in [0, 0.05) is 10.6 Å². The van der Waals surface area contributed by atoms with Crippen molar-refractivity contribution < 1.29 is 9.53 Å². The molecule has 26 heavy (non-hydrogen) atoms. The SMILES string of the molecule is CCOC(=O)c1nn2cc(-c3ccc(Cl)c(C)c3)[nH]c(=O)c2c1C1CC1. The number of carbonyl (C=O) groups is 1. The highest BCUT2D eigenvalue weighted by atomic mass is 35.5. The van der Waals surface area contributed by atoms with Gasteiger partial charge in [-0.05, 0) is 55.9 Å². The third-order valence-corrected chi connectivity index (χ3v) is 5.01. The third-order valence-electron chi connectivity index (χ3n) is 4.59. The molecule has 2 aromatic heterocycles. The van der Waals surface area contributed by atoms with Crippen LogP contribution in [-0.4, -0.2) is 27.2 Å². The predicted octanol–water partition coefficient (Wildman–Crippen LogP) is 3.71. The summed E-state index contributed by atoms with van der Waals surface area (Å²) in [6.45, 7) is 3.92. The van der Waals surface area contributed by atoms with Gasteiger partial charge in [0.05, 0.1) is 18.5 Å². The van der Waals surface area contributed by atoms with Gasteiger partial charge in [0.25, 0.3) is 5.56 Å². The minimum Gasteiger partial charge on any atom is -0.461 e. The second-order valence-corrected chi connectivity index (χ2v) is 6.92. The van der Waals surface area contributed by atoms with Crippen molar-refractivity contribution in [3.05, 3.63) is 56.6 Å². The van der Waals surface area contributed by atoms with Crippen LogP contribution in [0.4, 0.5) is 0 Å². The van der Waals surface area contributed by atoms with Crippen molar-refractivity contribution in [2.24, 2.45) is 0 Å². The summed E-state index contributed by atoms with van der Waals surface area (Å²) >= 11 is 6.08. The minimum absolute atomic E-state index is 0.191. The second-order valence-electron chi connectivity index (χ2n) is 6.51. The van der Waals surface area contributed by atoms with Crippen LogP contribution in [0, 0.1) is 6.92 Å². The van der Waals surface area contributed by atoms with E-state index in [2.05, 4.69) is 10.1 Å². The van der Waals surface area contributed by atoms with Gasteiger partial charge < -0.3 is 9.72 Å². The van der Waals surface area contributed by atoms with Crippen LogP contribution in [0.2, 0.25) is 5.02 Å². The van der Waals surface area contributed by atoms with Crippen LogP contribution in [0.25, 0.3) is 16.8 Å². The van der Waals surface area contributed by atoms with Gasteiger partial charge in [-0.1, -0.05) is 17.7 Å². The number of hydrogen-bond acceptors (Lipinski definition) is 4. The molecule has 0 atom stereocenters. The number of esters is 1. The molecule has 0 spiro atoms. The van der Waals surface area contributed by atoms with Gasteiger partial charge in [0.2, 0.25) is 0 Å². The molecular formula is C19H18ClN3O3. The molecule has 0 unspecified atom stereocenters. The van der Waals surface area contributed by atoms with Gasteiger partial charge in [-0.25, -0.2) is 9.31 Å². The fourth-order valence-corrected chi connectivity index (χ4v) is 3.29. The highest BCUT2D eigenvalue weighted by Crippen LogP contribution is 2.43. The summed E-state index contributed by atoms with van der Waals surface area (Å²) < 4.78 is 6.62. The van der Waals surface area contributed by atoms with Crippen LogP contribution in [-0.2, 0) is 4.74 Å². The Morgan fingerprint density at radius 2 is 2.19 bits per heavy atom. The Kier molecular flexibility index (Phi) is 4.07. The Balaban J connectivity index is 1.91. The fraction of sp³-hybridized carbons (Fsp3) is 0.316. The number of hydrogen-bond donors (Lipinski definition) is 1. The van der Waals surface area contributed by atoms with Crippen LogP contribution >= 0.6 is 11.6 Å². The largest absolute Gasteiger partial charge is 0.461 e. The molecule has 1 saturated carbocycles. The lowest BCUT2D eigenvalue weighted by molar-refractivity contribution is 0.0517. The van der Waals surface area contributed by atoms with E-state index in [1.54, 1.807) is 19.2 Å². The number of ether oxygens (including phenoxy) is 1. The quantitative estimate of drug-likeness (QED) is 0.709. The van der Waals surface area contributed by atoms with Crippen molar-refractivity contribution >= 4 is 23.1 Å². The number of carbonyl (C=O) groups excluding carboxylic acids is 1. The molecule has 0 aliphatic heterocycles. The number of halogens is 1. The van der Waals surface area contributed by atoms with Crippen LogP contribution in [0.5, 0.6) is 0 Å². The highest BCUT2D eigenvalue weighted by Gasteiger charge is 2.34. The first kappa shape index (κ1) is 16.8. The third kappa shape index (κ3) is 2.80. The first-order valence-electron chi connectivity index (χ1n) is 8.58. The Morgan fingerprint density at radius 1 is 1.42 bits per heavy atom. The lowest BCUT2D eigenvalue weighted by Crippen LogP contribution is -2.12. The van der Waals surface area contributed by atoms with E-state index < -0.39 is 5.97 Å². The summed E-state index contributed by atoms with van der Waals surface area (Å²) in [5, 5.41) is 5.04. The van der Waals surface area contributed by atoms with Crippen LogP contribution in [0.1, 0.15) is 47.3 Å². The Morgan fingerprint density at radius 3 is 2.85 bits per heavy atom. The van der Waals surface area contributed by atoms with Crippen molar-refractivity contribution in [3.63, 3.8) is 0 Å². The zero-order chi connectivity index (χ0) is 18.4. The summed E-state index contributed by atoms with van der Waals surface area (Å²) in [5.41, 5.74) is 3.45. The summed E-state index contributed by atoms with van der Waals surface area (Å²) in [7, 11) is 0. The van der Waals surface area contributed by atoms with Gasteiger partial charge in [0.15, 0.2) is 5.69 Å². The number of H-pyrrole nitrogens is 1. The molecular weight excluding hydrogens is 354 g/mol. The van der Waals surface area contributed by atoms with Crippen molar-refractivity contribution in [1.29, 1.82) is 0 Å². The molecule has 0 bridgehead atoms. The van der Waals surface area contributed by atoms with Gasteiger partial charge in [-0.3, -0.25) is 4.79 Å². The smallest absolute Gasteiger partial charge is 0.359 e. The first-order chi connectivity index (χ1) is 12.5. The van der Waals surface area contributed by atoms with Gasteiger partial charge in [0.1, 0.15) is 5.52 Å². The molecule has 4 rings (SSSR count). The Hall–Kier alpha value is -2.60. The van der Waals surface area contributed by atoms with Crippen molar-refractivity contribution in [1.82, 2.24) is 14.6 Å². The maximum atomic E-state index is 12.8. The van der Waals surface area contributed by atoms with Crippen LogP contribution in [0.15, 0.2) is 29.2 Å². The molecule has 1 aliphatic carbocycles. The zero-order valence-electron chi connectivity index (χ0n) is 14.5. The lowest BCUT2D eigenvalue weighted by atomic mass is 10.1. The van der Waals surface area contributed by atoms with E-state index in [1.165, 1.54) is 4.52 Å². The number of nitrogens with zero attached hydrogens (tertiary/aromatic N) is 2. The van der Waals surface area contributed by atoms with Crippen molar-refractivity contribution in [2.45, 2.75) is 32.6 Å². The van der Waals surface area contributed by atoms with E-state index in [9.17, 15) is 9.59 Å². The van der Waals surface area contributed by atoms with Gasteiger partial charge in [-0.15, -0.1) is 0 Å². The fourth-order valence-electron chi connectivity index (χ4n) is 3.17. The van der Waals surface area contributed by atoms with E-state index in [-0.39, 0.29) is 23.8 Å². The lowest BCUT2D eigenvalue weighted by Gasteiger charge is -2.05. The molecule has 1 aliphatic rings. The number of rotatable bonds is 4. The molecule has 1 fully saturated rings. The van der Waals surface area contributed by atoms with Gasteiger partial charge in [-0.2, -0.15) is 5.10 Å². The standard InChI is InChI=1S/C19H18ClN3O3/c1-3-26-19(25)16-15(11-4-5-11)17-18(24)21-14(9-23(17)22-16)12-6-7-13(20)10(2)8-12/h6-9,11H,3-5H2,1-2H3,(H,21,24). The topological polar surface area (TPSA) is 76.5 Å². The number of aromatic amines is 1. The molecule has 1 N–H and O–H groups in total. The minimum atomic E-state index is -0.485. The average Bonchev–Trinajstić information content (AvgIpc) is 3.37. The molecule has 134 valence electrons. The number of nitrogens with one attached hydrogen (secondary N) is 1. The van der Waals surface area contributed by atoms with E-state index in [1.807, 2.05) is 19.1 Å². The van der Waals surface area contributed by atoms with E-state index in [4.69, 9.17) is 16.3 Å². The average molecular weight is 372 g/mol.